The third kappa shape index (κ3) is 2.84. The van der Waals surface area contributed by atoms with Crippen molar-refractivity contribution in [1.29, 1.82) is 0 Å². The van der Waals surface area contributed by atoms with Crippen LogP contribution >= 0.6 is 0 Å². The Morgan fingerprint density at radius 3 is 2.62 bits per heavy atom. The van der Waals surface area contributed by atoms with Crippen LogP contribution in [0.3, 0.4) is 0 Å². The molecule has 1 aromatic rings. The van der Waals surface area contributed by atoms with E-state index in [-0.39, 0.29) is 11.4 Å². The zero-order chi connectivity index (χ0) is 15.0. The number of carbonyl (C=O) groups is 1. The zero-order valence-corrected chi connectivity index (χ0v) is 13.2. The van der Waals surface area contributed by atoms with E-state index in [4.69, 9.17) is 4.74 Å². The second-order valence-corrected chi connectivity index (χ2v) is 6.73. The molecule has 0 atom stereocenters. The van der Waals surface area contributed by atoms with Gasteiger partial charge in [-0.15, -0.1) is 0 Å². The molecule has 1 aliphatic carbocycles. The first-order valence-electron chi connectivity index (χ1n) is 7.96. The predicted octanol–water partition coefficient (Wildman–Crippen LogP) is 2.23. The minimum absolute atomic E-state index is 0.00528. The normalized spacial score (nSPS) is 21.5. The molecular weight excluding hydrogens is 266 g/mol. The first kappa shape index (κ1) is 14.6. The number of amides is 1. The molecule has 1 saturated carbocycles. The summed E-state index contributed by atoms with van der Waals surface area (Å²) in [5.74, 6) is 0.965. The lowest BCUT2D eigenvalue weighted by molar-refractivity contribution is 0.0274. The molecule has 0 aromatic carbocycles. The average molecular weight is 291 g/mol. The molecule has 2 aliphatic rings. The molecule has 5 heteroatoms. The highest BCUT2D eigenvalue weighted by atomic mass is 16.5. The van der Waals surface area contributed by atoms with Crippen LogP contribution in [0, 0.1) is 5.92 Å². The maximum Gasteiger partial charge on any atom is 0.269 e. The molecule has 0 radical (unpaired) electrons. The van der Waals surface area contributed by atoms with Crippen LogP contribution in [-0.4, -0.2) is 34.4 Å². The standard InChI is InChI=1S/C16H25N3O2/c1-11(2)13-10-14(19(3)18-13)15(20)17-16(12-4-5-12)6-8-21-9-7-16/h10-12H,4-9H2,1-3H3,(H,17,20). The molecule has 1 saturated heterocycles. The van der Waals surface area contributed by atoms with Gasteiger partial charge in [-0.3, -0.25) is 9.48 Å². The molecule has 116 valence electrons. The summed E-state index contributed by atoms with van der Waals surface area (Å²) >= 11 is 0. The van der Waals surface area contributed by atoms with E-state index in [2.05, 4.69) is 24.3 Å². The van der Waals surface area contributed by atoms with Crippen molar-refractivity contribution >= 4 is 5.91 Å². The van der Waals surface area contributed by atoms with Gasteiger partial charge in [0.15, 0.2) is 0 Å². The van der Waals surface area contributed by atoms with E-state index in [1.54, 1.807) is 4.68 Å². The van der Waals surface area contributed by atoms with E-state index in [0.717, 1.165) is 31.7 Å². The molecule has 21 heavy (non-hydrogen) atoms. The van der Waals surface area contributed by atoms with Crippen LogP contribution in [0.4, 0.5) is 0 Å². The van der Waals surface area contributed by atoms with Crippen LogP contribution in [0.15, 0.2) is 6.07 Å². The molecule has 1 aromatic heterocycles. The molecule has 2 heterocycles. The van der Waals surface area contributed by atoms with Crippen molar-refractivity contribution in [2.45, 2.75) is 51.0 Å². The number of ether oxygens (including phenoxy) is 1. The quantitative estimate of drug-likeness (QED) is 0.925. The highest BCUT2D eigenvalue weighted by Gasteiger charge is 2.47. The summed E-state index contributed by atoms with van der Waals surface area (Å²) in [5.41, 5.74) is 1.57. The molecule has 0 bridgehead atoms. The van der Waals surface area contributed by atoms with Gasteiger partial charge >= 0.3 is 0 Å². The first-order chi connectivity index (χ1) is 10.0. The lowest BCUT2D eigenvalue weighted by atomic mass is 9.84. The summed E-state index contributed by atoms with van der Waals surface area (Å²) in [6.45, 7) is 5.68. The van der Waals surface area contributed by atoms with E-state index in [1.165, 1.54) is 12.8 Å². The van der Waals surface area contributed by atoms with E-state index in [1.807, 2.05) is 13.1 Å². The van der Waals surface area contributed by atoms with Crippen molar-refractivity contribution in [3.8, 4) is 0 Å². The van der Waals surface area contributed by atoms with Gasteiger partial charge in [-0.1, -0.05) is 13.8 Å². The molecule has 2 fully saturated rings. The number of aromatic nitrogens is 2. The monoisotopic (exact) mass is 291 g/mol. The third-order valence-corrected chi connectivity index (χ3v) is 4.83. The van der Waals surface area contributed by atoms with Gasteiger partial charge in [0.05, 0.1) is 5.69 Å². The largest absolute Gasteiger partial charge is 0.381 e. The number of aryl methyl sites for hydroxylation is 1. The van der Waals surface area contributed by atoms with Gasteiger partial charge < -0.3 is 10.1 Å². The van der Waals surface area contributed by atoms with Crippen molar-refractivity contribution in [3.63, 3.8) is 0 Å². The minimum atomic E-state index is -0.0579. The summed E-state index contributed by atoms with van der Waals surface area (Å²) in [4.78, 5) is 12.7. The summed E-state index contributed by atoms with van der Waals surface area (Å²) in [5, 5.41) is 7.76. The topological polar surface area (TPSA) is 56.1 Å². The lowest BCUT2D eigenvalue weighted by Crippen LogP contribution is -2.54. The molecular formula is C16H25N3O2. The third-order valence-electron chi connectivity index (χ3n) is 4.83. The van der Waals surface area contributed by atoms with Gasteiger partial charge in [-0.05, 0) is 43.6 Å². The van der Waals surface area contributed by atoms with E-state index in [9.17, 15) is 4.79 Å². The number of hydrogen-bond donors (Lipinski definition) is 1. The van der Waals surface area contributed by atoms with E-state index in [0.29, 0.717) is 17.5 Å². The SMILES string of the molecule is CC(C)c1cc(C(=O)NC2(C3CC3)CCOCC2)n(C)n1. The lowest BCUT2D eigenvalue weighted by Gasteiger charge is -2.38. The van der Waals surface area contributed by atoms with E-state index < -0.39 is 0 Å². The minimum Gasteiger partial charge on any atom is -0.381 e. The second-order valence-electron chi connectivity index (χ2n) is 6.73. The van der Waals surface area contributed by atoms with Crippen molar-refractivity contribution in [2.75, 3.05) is 13.2 Å². The highest BCUT2D eigenvalue weighted by Crippen LogP contribution is 2.45. The molecule has 1 aliphatic heterocycles. The van der Waals surface area contributed by atoms with Gasteiger partial charge in [0.2, 0.25) is 0 Å². The van der Waals surface area contributed by atoms with Crippen LogP contribution in [-0.2, 0) is 11.8 Å². The molecule has 1 amide bonds. The number of nitrogens with one attached hydrogen (secondary N) is 1. The number of nitrogens with zero attached hydrogens (tertiary/aromatic N) is 2. The Balaban J connectivity index is 1.78. The fourth-order valence-corrected chi connectivity index (χ4v) is 3.28. The Bertz CT molecular complexity index is 526. The van der Waals surface area contributed by atoms with Crippen molar-refractivity contribution in [3.05, 3.63) is 17.5 Å². The van der Waals surface area contributed by atoms with Crippen molar-refractivity contribution < 1.29 is 9.53 Å². The molecule has 1 N–H and O–H groups in total. The molecule has 0 spiro atoms. The smallest absolute Gasteiger partial charge is 0.269 e. The summed E-state index contributed by atoms with van der Waals surface area (Å²) in [6, 6.07) is 1.92. The summed E-state index contributed by atoms with van der Waals surface area (Å²) in [7, 11) is 1.84. The predicted molar refractivity (Wildman–Crippen MR) is 80.3 cm³/mol. The van der Waals surface area contributed by atoms with Gasteiger partial charge in [0.1, 0.15) is 5.69 Å². The number of carbonyl (C=O) groups excluding carboxylic acids is 1. The molecule has 5 nitrogen and oxygen atoms in total. The Morgan fingerprint density at radius 2 is 2.10 bits per heavy atom. The number of rotatable bonds is 4. The van der Waals surface area contributed by atoms with Crippen LogP contribution in [0.25, 0.3) is 0 Å². The summed E-state index contributed by atoms with van der Waals surface area (Å²) < 4.78 is 7.18. The van der Waals surface area contributed by atoms with Crippen molar-refractivity contribution in [1.82, 2.24) is 15.1 Å². The zero-order valence-electron chi connectivity index (χ0n) is 13.2. The second kappa shape index (κ2) is 5.44. The van der Waals surface area contributed by atoms with Crippen LogP contribution in [0.1, 0.15) is 61.6 Å². The highest BCUT2D eigenvalue weighted by molar-refractivity contribution is 5.93. The van der Waals surface area contributed by atoms with Crippen molar-refractivity contribution in [2.24, 2.45) is 13.0 Å². The maximum absolute atomic E-state index is 12.7. The van der Waals surface area contributed by atoms with Crippen LogP contribution in [0.5, 0.6) is 0 Å². The van der Waals surface area contributed by atoms with Gasteiger partial charge in [0.25, 0.3) is 5.91 Å². The Morgan fingerprint density at radius 1 is 1.43 bits per heavy atom. The Labute approximate surface area is 126 Å². The van der Waals surface area contributed by atoms with Gasteiger partial charge in [0, 0.05) is 25.8 Å². The Kier molecular flexibility index (Phi) is 3.78. The van der Waals surface area contributed by atoms with Crippen LogP contribution in [0.2, 0.25) is 0 Å². The van der Waals surface area contributed by atoms with E-state index >= 15 is 0 Å². The molecule has 3 rings (SSSR count). The first-order valence-corrected chi connectivity index (χ1v) is 7.96. The van der Waals surface area contributed by atoms with Gasteiger partial charge in [-0.25, -0.2) is 0 Å². The van der Waals surface area contributed by atoms with Gasteiger partial charge in [-0.2, -0.15) is 5.10 Å². The Hall–Kier alpha value is -1.36. The number of hydrogen-bond acceptors (Lipinski definition) is 3. The molecule has 0 unspecified atom stereocenters. The fourth-order valence-electron chi connectivity index (χ4n) is 3.28. The fraction of sp³-hybridized carbons (Fsp3) is 0.750. The maximum atomic E-state index is 12.7. The average Bonchev–Trinajstić information content (AvgIpc) is 3.23. The van der Waals surface area contributed by atoms with Crippen LogP contribution < -0.4 is 5.32 Å². The summed E-state index contributed by atoms with van der Waals surface area (Å²) in [6.07, 6.45) is 4.31.